The minimum Gasteiger partial charge on any atom is -0.497 e. The number of sulfonamides is 1. The monoisotopic (exact) mass is 481 g/mol. The van der Waals surface area contributed by atoms with Crippen LogP contribution in [-0.2, 0) is 22.7 Å². The van der Waals surface area contributed by atoms with E-state index >= 15 is 0 Å². The lowest BCUT2D eigenvalue weighted by Crippen LogP contribution is -2.30. The van der Waals surface area contributed by atoms with Crippen LogP contribution < -0.4 is 18.5 Å². The van der Waals surface area contributed by atoms with Crippen molar-refractivity contribution in [2.24, 2.45) is 0 Å². The molecule has 0 N–H and O–H groups in total. The summed E-state index contributed by atoms with van der Waals surface area (Å²) in [6.07, 6.45) is -4.56. The van der Waals surface area contributed by atoms with Crippen molar-refractivity contribution in [3.63, 3.8) is 0 Å². The number of hydrogen-bond donors (Lipinski definition) is 0. The number of methoxy groups -OCH3 is 3. The highest BCUT2D eigenvalue weighted by Gasteiger charge is 2.31. The van der Waals surface area contributed by atoms with Gasteiger partial charge in [0, 0.05) is 12.1 Å². The number of anilines is 1. The minimum atomic E-state index is -4.56. The molecule has 0 heterocycles. The Morgan fingerprint density at radius 3 is 2.15 bits per heavy atom. The van der Waals surface area contributed by atoms with Crippen LogP contribution >= 0.6 is 0 Å². The van der Waals surface area contributed by atoms with E-state index in [9.17, 15) is 21.6 Å². The van der Waals surface area contributed by atoms with Crippen LogP contribution in [-0.4, -0.2) is 29.7 Å². The van der Waals surface area contributed by atoms with Gasteiger partial charge in [-0.05, 0) is 42.0 Å². The zero-order valence-corrected chi connectivity index (χ0v) is 18.9. The molecule has 0 spiro atoms. The van der Waals surface area contributed by atoms with E-state index in [1.54, 1.807) is 6.07 Å². The van der Waals surface area contributed by atoms with Crippen LogP contribution in [0, 0.1) is 0 Å². The van der Waals surface area contributed by atoms with Gasteiger partial charge in [-0.2, -0.15) is 13.2 Å². The van der Waals surface area contributed by atoms with E-state index < -0.39 is 21.8 Å². The molecule has 0 radical (unpaired) electrons. The van der Waals surface area contributed by atoms with E-state index in [0.717, 1.165) is 16.4 Å². The molecule has 3 aromatic rings. The minimum absolute atomic E-state index is 0.0800. The molecule has 3 aromatic carbocycles. The normalized spacial score (nSPS) is 11.7. The van der Waals surface area contributed by atoms with Crippen molar-refractivity contribution in [3.05, 3.63) is 77.9 Å². The summed E-state index contributed by atoms with van der Waals surface area (Å²) in [6, 6.07) is 14.8. The van der Waals surface area contributed by atoms with Crippen LogP contribution in [0.5, 0.6) is 17.2 Å². The number of rotatable bonds is 8. The second kappa shape index (κ2) is 9.62. The van der Waals surface area contributed by atoms with Crippen LogP contribution in [0.25, 0.3) is 0 Å². The lowest BCUT2D eigenvalue weighted by molar-refractivity contribution is -0.137. The van der Waals surface area contributed by atoms with Crippen molar-refractivity contribution in [1.82, 2.24) is 0 Å². The number of ether oxygens (including phenoxy) is 3. The molecule has 0 amide bonds. The first-order valence-electron chi connectivity index (χ1n) is 9.65. The fourth-order valence-electron chi connectivity index (χ4n) is 3.20. The van der Waals surface area contributed by atoms with Crippen molar-refractivity contribution >= 4 is 15.7 Å². The van der Waals surface area contributed by atoms with Crippen LogP contribution in [0.4, 0.5) is 18.9 Å². The summed E-state index contributed by atoms with van der Waals surface area (Å²) < 4.78 is 83.5. The molecule has 10 heteroatoms. The molecule has 0 saturated heterocycles. The molecule has 0 unspecified atom stereocenters. The van der Waals surface area contributed by atoms with E-state index in [1.807, 2.05) is 0 Å². The number of halogens is 3. The van der Waals surface area contributed by atoms with Crippen molar-refractivity contribution in [3.8, 4) is 17.2 Å². The van der Waals surface area contributed by atoms with Gasteiger partial charge in [-0.15, -0.1) is 0 Å². The zero-order valence-electron chi connectivity index (χ0n) is 18.1. The van der Waals surface area contributed by atoms with E-state index in [1.165, 1.54) is 69.9 Å². The summed E-state index contributed by atoms with van der Waals surface area (Å²) in [6.45, 7) is -0.348. The van der Waals surface area contributed by atoms with Crippen LogP contribution in [0.15, 0.2) is 71.6 Å². The molecular weight excluding hydrogens is 459 g/mol. The molecule has 0 aliphatic rings. The van der Waals surface area contributed by atoms with Crippen LogP contribution in [0.3, 0.4) is 0 Å². The molecule has 0 aliphatic heterocycles. The van der Waals surface area contributed by atoms with Gasteiger partial charge in [0.2, 0.25) is 0 Å². The highest BCUT2D eigenvalue weighted by molar-refractivity contribution is 7.92. The molecule has 0 fully saturated rings. The summed E-state index contributed by atoms with van der Waals surface area (Å²) >= 11 is 0. The van der Waals surface area contributed by atoms with Gasteiger partial charge < -0.3 is 14.2 Å². The smallest absolute Gasteiger partial charge is 0.416 e. The predicted octanol–water partition coefficient (Wildman–Crippen LogP) is 5.13. The third kappa shape index (κ3) is 5.33. The van der Waals surface area contributed by atoms with Crippen molar-refractivity contribution in [2.45, 2.75) is 17.6 Å². The average Bonchev–Trinajstić information content (AvgIpc) is 2.81. The first-order valence-corrected chi connectivity index (χ1v) is 11.1. The maximum Gasteiger partial charge on any atom is 0.416 e. The maximum atomic E-state index is 13.6. The first kappa shape index (κ1) is 24.2. The summed E-state index contributed by atoms with van der Waals surface area (Å²) in [5.74, 6) is 0.964. The van der Waals surface area contributed by atoms with Crippen LogP contribution in [0.2, 0.25) is 0 Å². The van der Waals surface area contributed by atoms with Crippen LogP contribution in [0.1, 0.15) is 11.1 Å². The van der Waals surface area contributed by atoms with Gasteiger partial charge >= 0.3 is 6.18 Å². The molecule has 33 heavy (non-hydrogen) atoms. The van der Waals surface area contributed by atoms with Crippen molar-refractivity contribution < 1.29 is 35.8 Å². The molecule has 3 rings (SSSR count). The summed E-state index contributed by atoms with van der Waals surface area (Å²) in [5.41, 5.74) is -0.523. The topological polar surface area (TPSA) is 65.1 Å². The second-order valence-electron chi connectivity index (χ2n) is 6.93. The largest absolute Gasteiger partial charge is 0.497 e. The van der Waals surface area contributed by atoms with E-state index in [2.05, 4.69) is 0 Å². The van der Waals surface area contributed by atoms with Gasteiger partial charge in [0.15, 0.2) is 11.5 Å². The molecule has 0 atom stereocenters. The number of hydrogen-bond acceptors (Lipinski definition) is 5. The Bertz CT molecular complexity index is 1230. The molecule has 0 saturated carbocycles. The van der Waals surface area contributed by atoms with E-state index in [-0.39, 0.29) is 28.4 Å². The fraction of sp³-hybridized carbons (Fsp3) is 0.217. The summed E-state index contributed by atoms with van der Waals surface area (Å²) in [7, 11) is 0.0348. The van der Waals surface area contributed by atoms with Gasteiger partial charge in [0.1, 0.15) is 5.75 Å². The van der Waals surface area contributed by atoms with Crippen molar-refractivity contribution in [2.75, 3.05) is 25.6 Å². The third-order valence-electron chi connectivity index (χ3n) is 4.86. The highest BCUT2D eigenvalue weighted by atomic mass is 32.2. The first-order chi connectivity index (χ1) is 15.6. The quantitative estimate of drug-likeness (QED) is 0.447. The average molecular weight is 481 g/mol. The molecule has 0 aromatic heterocycles. The van der Waals surface area contributed by atoms with Gasteiger partial charge in [-0.25, -0.2) is 8.42 Å². The molecule has 0 aliphatic carbocycles. The standard InChI is InChI=1S/C23H22F3NO5S/c1-30-19-8-5-9-20(14-19)33(28,29)27(18-10-11-21(31-2)22(13-18)32-3)15-16-6-4-7-17(12-16)23(24,25)26/h4-14H,15H2,1-3H3. The summed E-state index contributed by atoms with van der Waals surface area (Å²) in [5, 5.41) is 0. The lowest BCUT2D eigenvalue weighted by Gasteiger charge is -2.26. The number of alkyl halides is 3. The number of nitrogens with zero attached hydrogens (tertiary/aromatic N) is 1. The van der Waals surface area contributed by atoms with Gasteiger partial charge in [-0.1, -0.05) is 18.2 Å². The Morgan fingerprint density at radius 2 is 1.52 bits per heavy atom. The highest BCUT2D eigenvalue weighted by Crippen LogP contribution is 2.36. The second-order valence-corrected chi connectivity index (χ2v) is 8.79. The van der Waals surface area contributed by atoms with Gasteiger partial charge in [0.05, 0.1) is 44.0 Å². The Morgan fingerprint density at radius 1 is 0.818 bits per heavy atom. The van der Waals surface area contributed by atoms with Gasteiger partial charge in [-0.3, -0.25) is 4.31 Å². The van der Waals surface area contributed by atoms with Gasteiger partial charge in [0.25, 0.3) is 10.0 Å². The molecule has 0 bridgehead atoms. The predicted molar refractivity (Wildman–Crippen MR) is 117 cm³/mol. The molecule has 176 valence electrons. The Labute approximate surface area is 190 Å². The fourth-order valence-corrected chi connectivity index (χ4v) is 4.68. The Hall–Kier alpha value is -3.40. The lowest BCUT2D eigenvalue weighted by atomic mass is 10.1. The third-order valence-corrected chi connectivity index (χ3v) is 6.63. The maximum absolute atomic E-state index is 13.6. The molecule has 6 nitrogen and oxygen atoms in total. The van der Waals surface area contributed by atoms with E-state index in [0.29, 0.717) is 11.5 Å². The zero-order chi connectivity index (χ0) is 24.2. The molecular formula is C23H22F3NO5S. The number of benzene rings is 3. The Kier molecular flexibility index (Phi) is 7.06. The SMILES string of the molecule is COc1cccc(S(=O)(=O)N(Cc2cccc(C(F)(F)F)c2)c2ccc(OC)c(OC)c2)c1. The Balaban J connectivity index is 2.15. The van der Waals surface area contributed by atoms with E-state index in [4.69, 9.17) is 14.2 Å². The summed E-state index contributed by atoms with van der Waals surface area (Å²) in [4.78, 5) is -0.0800. The van der Waals surface area contributed by atoms with Crippen molar-refractivity contribution in [1.29, 1.82) is 0 Å².